The largest absolute Gasteiger partial charge is 0.492 e. The third-order valence-electron chi connectivity index (χ3n) is 2.49. The van der Waals surface area contributed by atoms with Crippen LogP contribution >= 0.6 is 0 Å². The van der Waals surface area contributed by atoms with Crippen LogP contribution in [-0.2, 0) is 0 Å². The van der Waals surface area contributed by atoms with Crippen LogP contribution in [0.15, 0.2) is 49.1 Å². The SMILES string of the molecule is CNC(COc1ccccc1)c1cncnc1. The van der Waals surface area contributed by atoms with Crippen LogP contribution in [0.5, 0.6) is 5.75 Å². The number of nitrogens with one attached hydrogen (secondary N) is 1. The number of rotatable bonds is 5. The molecule has 1 aromatic carbocycles. The van der Waals surface area contributed by atoms with Crippen LogP contribution < -0.4 is 10.1 Å². The summed E-state index contributed by atoms with van der Waals surface area (Å²) >= 11 is 0. The van der Waals surface area contributed by atoms with E-state index in [1.807, 2.05) is 37.4 Å². The van der Waals surface area contributed by atoms with Crippen LogP contribution in [0.2, 0.25) is 0 Å². The van der Waals surface area contributed by atoms with Crippen molar-refractivity contribution in [1.29, 1.82) is 0 Å². The predicted molar refractivity (Wildman–Crippen MR) is 65.8 cm³/mol. The summed E-state index contributed by atoms with van der Waals surface area (Å²) in [6.07, 6.45) is 5.11. The average Bonchev–Trinajstić information content (AvgIpc) is 2.42. The second-order valence-corrected chi connectivity index (χ2v) is 3.64. The summed E-state index contributed by atoms with van der Waals surface area (Å²) in [5.41, 5.74) is 1.02. The van der Waals surface area contributed by atoms with E-state index in [1.165, 1.54) is 6.33 Å². The van der Waals surface area contributed by atoms with E-state index in [9.17, 15) is 0 Å². The van der Waals surface area contributed by atoms with Gasteiger partial charge in [0.2, 0.25) is 0 Å². The van der Waals surface area contributed by atoms with Gasteiger partial charge in [0.05, 0.1) is 6.04 Å². The summed E-state index contributed by atoms with van der Waals surface area (Å²) in [6, 6.07) is 9.84. The molecule has 1 atom stereocenters. The zero-order chi connectivity index (χ0) is 11.9. The Morgan fingerprint density at radius 2 is 1.88 bits per heavy atom. The maximum Gasteiger partial charge on any atom is 0.119 e. The molecule has 1 aromatic heterocycles. The van der Waals surface area contributed by atoms with Crippen molar-refractivity contribution in [1.82, 2.24) is 15.3 Å². The van der Waals surface area contributed by atoms with Gasteiger partial charge < -0.3 is 10.1 Å². The molecule has 2 rings (SSSR count). The highest BCUT2D eigenvalue weighted by atomic mass is 16.5. The first-order valence-electron chi connectivity index (χ1n) is 5.50. The summed E-state index contributed by atoms with van der Waals surface area (Å²) in [4.78, 5) is 8.00. The molecule has 0 fully saturated rings. The molecular weight excluding hydrogens is 214 g/mol. The fourth-order valence-electron chi connectivity index (χ4n) is 1.53. The summed E-state index contributed by atoms with van der Waals surface area (Å²) in [6.45, 7) is 0.549. The van der Waals surface area contributed by atoms with Gasteiger partial charge in [0.1, 0.15) is 18.7 Å². The van der Waals surface area contributed by atoms with Crippen LogP contribution in [-0.4, -0.2) is 23.6 Å². The van der Waals surface area contributed by atoms with Crippen molar-refractivity contribution >= 4 is 0 Å². The molecule has 0 spiro atoms. The highest BCUT2D eigenvalue weighted by Gasteiger charge is 2.10. The Morgan fingerprint density at radius 3 is 2.53 bits per heavy atom. The van der Waals surface area contributed by atoms with Crippen molar-refractivity contribution in [2.24, 2.45) is 0 Å². The van der Waals surface area contributed by atoms with Crippen molar-refractivity contribution in [2.75, 3.05) is 13.7 Å². The van der Waals surface area contributed by atoms with Crippen molar-refractivity contribution in [2.45, 2.75) is 6.04 Å². The molecule has 0 bridgehead atoms. The van der Waals surface area contributed by atoms with E-state index in [2.05, 4.69) is 15.3 Å². The third-order valence-corrected chi connectivity index (χ3v) is 2.49. The van der Waals surface area contributed by atoms with E-state index in [1.54, 1.807) is 12.4 Å². The molecule has 1 unspecified atom stereocenters. The molecule has 17 heavy (non-hydrogen) atoms. The second kappa shape index (κ2) is 5.96. The van der Waals surface area contributed by atoms with Crippen LogP contribution in [0.25, 0.3) is 0 Å². The van der Waals surface area contributed by atoms with Gasteiger partial charge >= 0.3 is 0 Å². The van der Waals surface area contributed by atoms with Crippen LogP contribution in [0.4, 0.5) is 0 Å². The number of hydrogen-bond acceptors (Lipinski definition) is 4. The van der Waals surface area contributed by atoms with Crippen molar-refractivity contribution in [3.8, 4) is 5.75 Å². The van der Waals surface area contributed by atoms with Crippen molar-refractivity contribution in [3.05, 3.63) is 54.6 Å². The van der Waals surface area contributed by atoms with Gasteiger partial charge in [0.15, 0.2) is 0 Å². The van der Waals surface area contributed by atoms with Gasteiger partial charge in [-0.3, -0.25) is 0 Å². The quantitative estimate of drug-likeness (QED) is 0.849. The van der Waals surface area contributed by atoms with Gasteiger partial charge in [-0.1, -0.05) is 18.2 Å². The average molecular weight is 229 g/mol. The molecular formula is C13H15N3O. The Hall–Kier alpha value is -1.94. The highest BCUT2D eigenvalue weighted by molar-refractivity contribution is 5.21. The fourth-order valence-corrected chi connectivity index (χ4v) is 1.53. The molecule has 0 radical (unpaired) electrons. The number of ether oxygens (including phenoxy) is 1. The molecule has 0 amide bonds. The number of para-hydroxylation sites is 1. The molecule has 0 aliphatic carbocycles. The van der Waals surface area contributed by atoms with Crippen LogP contribution in [0, 0.1) is 0 Å². The molecule has 0 aliphatic rings. The smallest absolute Gasteiger partial charge is 0.119 e. The zero-order valence-electron chi connectivity index (χ0n) is 9.71. The van der Waals surface area contributed by atoms with E-state index in [4.69, 9.17) is 4.74 Å². The number of benzene rings is 1. The molecule has 4 heteroatoms. The minimum absolute atomic E-state index is 0.0939. The molecule has 1 N–H and O–H groups in total. The van der Waals surface area contributed by atoms with Gasteiger partial charge in [0.25, 0.3) is 0 Å². The third kappa shape index (κ3) is 3.26. The lowest BCUT2D eigenvalue weighted by Crippen LogP contribution is -2.23. The summed E-state index contributed by atoms with van der Waals surface area (Å²) in [5, 5.41) is 3.18. The first-order chi connectivity index (χ1) is 8.40. The fraction of sp³-hybridized carbons (Fsp3) is 0.231. The highest BCUT2D eigenvalue weighted by Crippen LogP contribution is 2.14. The van der Waals surface area contributed by atoms with E-state index in [0.717, 1.165) is 11.3 Å². The summed E-state index contributed by atoms with van der Waals surface area (Å²) in [7, 11) is 1.89. The number of hydrogen-bond donors (Lipinski definition) is 1. The van der Waals surface area contributed by atoms with Crippen LogP contribution in [0.1, 0.15) is 11.6 Å². The van der Waals surface area contributed by atoms with Gasteiger partial charge in [-0.15, -0.1) is 0 Å². The predicted octanol–water partition coefficient (Wildman–Crippen LogP) is 1.82. The van der Waals surface area contributed by atoms with Crippen molar-refractivity contribution in [3.63, 3.8) is 0 Å². The second-order valence-electron chi connectivity index (χ2n) is 3.64. The minimum Gasteiger partial charge on any atom is -0.492 e. The lowest BCUT2D eigenvalue weighted by atomic mass is 10.2. The van der Waals surface area contributed by atoms with Gasteiger partial charge in [-0.25, -0.2) is 9.97 Å². The first kappa shape index (κ1) is 11.5. The Balaban J connectivity index is 1.97. The minimum atomic E-state index is 0.0939. The lowest BCUT2D eigenvalue weighted by molar-refractivity contribution is 0.272. The van der Waals surface area contributed by atoms with E-state index < -0.39 is 0 Å². The number of likely N-dealkylation sites (N-methyl/N-ethyl adjacent to an activating group) is 1. The molecule has 0 saturated carbocycles. The van der Waals surface area contributed by atoms with Gasteiger partial charge in [-0.2, -0.15) is 0 Å². The van der Waals surface area contributed by atoms with E-state index in [0.29, 0.717) is 6.61 Å². The van der Waals surface area contributed by atoms with Gasteiger partial charge in [0, 0.05) is 18.0 Å². The van der Waals surface area contributed by atoms with E-state index in [-0.39, 0.29) is 6.04 Å². The number of aromatic nitrogens is 2. The Bertz CT molecular complexity index is 433. The maximum absolute atomic E-state index is 5.70. The molecule has 88 valence electrons. The Morgan fingerprint density at radius 1 is 1.18 bits per heavy atom. The molecule has 1 heterocycles. The zero-order valence-corrected chi connectivity index (χ0v) is 9.71. The molecule has 2 aromatic rings. The van der Waals surface area contributed by atoms with E-state index >= 15 is 0 Å². The first-order valence-corrected chi connectivity index (χ1v) is 5.50. The standard InChI is InChI=1S/C13H15N3O/c1-14-13(11-7-15-10-16-8-11)9-17-12-5-3-2-4-6-12/h2-8,10,13-14H,9H2,1H3. The molecule has 0 saturated heterocycles. The van der Waals surface area contributed by atoms with Crippen molar-refractivity contribution < 1.29 is 4.74 Å². The normalized spacial score (nSPS) is 12.1. The lowest BCUT2D eigenvalue weighted by Gasteiger charge is -2.16. The number of nitrogens with zero attached hydrogens (tertiary/aromatic N) is 2. The van der Waals surface area contributed by atoms with Crippen LogP contribution in [0.3, 0.4) is 0 Å². The summed E-state index contributed by atoms with van der Waals surface area (Å²) in [5.74, 6) is 0.865. The molecule has 0 aliphatic heterocycles. The Kier molecular flexibility index (Phi) is 4.05. The molecule has 4 nitrogen and oxygen atoms in total. The summed E-state index contributed by atoms with van der Waals surface area (Å²) < 4.78 is 5.70. The topological polar surface area (TPSA) is 47.0 Å². The van der Waals surface area contributed by atoms with Gasteiger partial charge in [-0.05, 0) is 19.2 Å². The monoisotopic (exact) mass is 229 g/mol. The Labute approximate surface area is 101 Å². The maximum atomic E-state index is 5.70.